The zero-order chi connectivity index (χ0) is 17.8. The Labute approximate surface area is 151 Å². The topological polar surface area (TPSA) is 32.3 Å². The van der Waals surface area contributed by atoms with Gasteiger partial charge in [-0.3, -0.25) is 4.90 Å². The van der Waals surface area contributed by atoms with E-state index in [0.717, 1.165) is 44.2 Å². The number of nitrogens with zero attached hydrogens (tertiary/aromatic N) is 4. The van der Waals surface area contributed by atoms with Gasteiger partial charge in [0.2, 0.25) is 0 Å². The van der Waals surface area contributed by atoms with E-state index in [1.54, 1.807) is 0 Å². The van der Waals surface area contributed by atoms with Gasteiger partial charge in [0.25, 0.3) is 0 Å². The van der Waals surface area contributed by atoms with Crippen molar-refractivity contribution in [2.75, 3.05) is 37.6 Å². The summed E-state index contributed by atoms with van der Waals surface area (Å²) in [6, 6.07) is 12.9. The van der Waals surface area contributed by atoms with Crippen molar-refractivity contribution >= 4 is 11.4 Å². The zero-order valence-electron chi connectivity index (χ0n) is 15.6. The SMILES string of the molecule is C=C(CN1CCN(c2ccc(C)nn2)CC1)c1ccc(C(C)C)cc1. The first-order valence-corrected chi connectivity index (χ1v) is 9.08. The van der Waals surface area contributed by atoms with Crippen LogP contribution in [0.4, 0.5) is 5.82 Å². The first-order chi connectivity index (χ1) is 12.0. The van der Waals surface area contributed by atoms with Crippen molar-refractivity contribution in [2.24, 2.45) is 0 Å². The highest BCUT2D eigenvalue weighted by molar-refractivity contribution is 5.65. The minimum atomic E-state index is 0.570. The second-order valence-electron chi connectivity index (χ2n) is 7.18. The van der Waals surface area contributed by atoms with Gasteiger partial charge in [-0.15, -0.1) is 5.10 Å². The Morgan fingerprint density at radius 1 is 1.00 bits per heavy atom. The molecule has 1 aromatic carbocycles. The number of benzene rings is 1. The number of hydrogen-bond acceptors (Lipinski definition) is 4. The molecule has 2 heterocycles. The van der Waals surface area contributed by atoms with Gasteiger partial charge in [-0.25, -0.2) is 0 Å². The van der Waals surface area contributed by atoms with Crippen LogP contribution >= 0.6 is 0 Å². The summed E-state index contributed by atoms with van der Waals surface area (Å²) in [5, 5.41) is 8.46. The normalized spacial score (nSPS) is 15.6. The third-order valence-electron chi connectivity index (χ3n) is 4.88. The predicted molar refractivity (Wildman–Crippen MR) is 105 cm³/mol. The summed E-state index contributed by atoms with van der Waals surface area (Å²) < 4.78 is 0. The van der Waals surface area contributed by atoms with Gasteiger partial charge in [-0.2, -0.15) is 5.10 Å². The van der Waals surface area contributed by atoms with Gasteiger partial charge in [0, 0.05) is 32.7 Å². The van der Waals surface area contributed by atoms with Crippen LogP contribution in [0.15, 0.2) is 43.0 Å². The van der Waals surface area contributed by atoms with Crippen LogP contribution in [0.2, 0.25) is 0 Å². The van der Waals surface area contributed by atoms with E-state index < -0.39 is 0 Å². The smallest absolute Gasteiger partial charge is 0.151 e. The van der Waals surface area contributed by atoms with E-state index in [1.165, 1.54) is 16.7 Å². The van der Waals surface area contributed by atoms with Crippen molar-refractivity contribution in [1.29, 1.82) is 0 Å². The molecule has 25 heavy (non-hydrogen) atoms. The van der Waals surface area contributed by atoms with Crippen LogP contribution in [0, 0.1) is 6.92 Å². The number of piperazine rings is 1. The van der Waals surface area contributed by atoms with Crippen LogP contribution in [-0.4, -0.2) is 47.8 Å². The third kappa shape index (κ3) is 4.45. The molecule has 2 aromatic rings. The Balaban J connectivity index is 1.53. The third-order valence-corrected chi connectivity index (χ3v) is 4.88. The molecule has 0 amide bonds. The molecule has 0 spiro atoms. The highest BCUT2D eigenvalue weighted by Crippen LogP contribution is 2.20. The van der Waals surface area contributed by atoms with Gasteiger partial charge in [-0.1, -0.05) is 44.7 Å². The van der Waals surface area contributed by atoms with Crippen molar-refractivity contribution in [1.82, 2.24) is 15.1 Å². The number of rotatable bonds is 5. The quantitative estimate of drug-likeness (QED) is 0.832. The van der Waals surface area contributed by atoms with Crippen LogP contribution < -0.4 is 4.90 Å². The molecule has 0 bridgehead atoms. The maximum atomic E-state index is 4.30. The molecule has 1 aliphatic heterocycles. The summed E-state index contributed by atoms with van der Waals surface area (Å²) in [4.78, 5) is 4.78. The molecule has 1 saturated heterocycles. The van der Waals surface area contributed by atoms with E-state index in [9.17, 15) is 0 Å². The molecule has 132 valence electrons. The van der Waals surface area contributed by atoms with Crippen LogP contribution in [0.3, 0.4) is 0 Å². The van der Waals surface area contributed by atoms with Gasteiger partial charge < -0.3 is 4.90 Å². The van der Waals surface area contributed by atoms with Crippen molar-refractivity contribution in [3.63, 3.8) is 0 Å². The van der Waals surface area contributed by atoms with Crippen molar-refractivity contribution in [3.05, 3.63) is 59.8 Å². The number of anilines is 1. The Morgan fingerprint density at radius 3 is 2.24 bits per heavy atom. The molecule has 1 fully saturated rings. The summed E-state index contributed by atoms with van der Waals surface area (Å²) in [7, 11) is 0. The molecule has 4 nitrogen and oxygen atoms in total. The summed E-state index contributed by atoms with van der Waals surface area (Å²) in [5.74, 6) is 1.55. The monoisotopic (exact) mass is 336 g/mol. The fraction of sp³-hybridized carbons (Fsp3) is 0.429. The first-order valence-electron chi connectivity index (χ1n) is 9.08. The average molecular weight is 336 g/mol. The van der Waals surface area contributed by atoms with E-state index >= 15 is 0 Å². The lowest BCUT2D eigenvalue weighted by Crippen LogP contribution is -2.47. The number of aromatic nitrogens is 2. The fourth-order valence-electron chi connectivity index (χ4n) is 3.16. The van der Waals surface area contributed by atoms with Crippen LogP contribution in [0.5, 0.6) is 0 Å². The van der Waals surface area contributed by atoms with Gasteiger partial charge in [0.15, 0.2) is 5.82 Å². The molecule has 0 N–H and O–H groups in total. The van der Waals surface area contributed by atoms with Crippen LogP contribution in [0.25, 0.3) is 5.57 Å². The van der Waals surface area contributed by atoms with Gasteiger partial charge in [-0.05, 0) is 41.7 Å². The van der Waals surface area contributed by atoms with Gasteiger partial charge in [0.1, 0.15) is 0 Å². The van der Waals surface area contributed by atoms with Gasteiger partial charge >= 0.3 is 0 Å². The molecular weight excluding hydrogens is 308 g/mol. The summed E-state index contributed by atoms with van der Waals surface area (Å²) in [5.41, 5.74) is 4.78. The second kappa shape index (κ2) is 7.79. The Bertz CT molecular complexity index is 696. The Morgan fingerprint density at radius 2 is 1.68 bits per heavy atom. The lowest BCUT2D eigenvalue weighted by Gasteiger charge is -2.35. The lowest BCUT2D eigenvalue weighted by molar-refractivity contribution is 0.287. The van der Waals surface area contributed by atoms with E-state index in [2.05, 4.69) is 70.8 Å². The second-order valence-corrected chi connectivity index (χ2v) is 7.18. The first kappa shape index (κ1) is 17.6. The van der Waals surface area contributed by atoms with Crippen LogP contribution in [-0.2, 0) is 0 Å². The lowest BCUT2D eigenvalue weighted by atomic mass is 9.99. The summed E-state index contributed by atoms with van der Waals surface area (Å²) in [6.07, 6.45) is 0. The minimum Gasteiger partial charge on any atom is -0.353 e. The van der Waals surface area contributed by atoms with Crippen molar-refractivity contribution in [3.8, 4) is 0 Å². The molecule has 4 heteroatoms. The summed E-state index contributed by atoms with van der Waals surface area (Å²) in [6.45, 7) is 15.7. The highest BCUT2D eigenvalue weighted by Gasteiger charge is 2.19. The minimum absolute atomic E-state index is 0.570. The standard InChI is InChI=1S/C21H28N4/c1-16(2)19-6-8-20(9-7-19)17(3)15-24-11-13-25(14-12-24)21-10-5-18(4)22-23-21/h5-10,16H,3,11-15H2,1-2,4H3. The molecule has 0 radical (unpaired) electrons. The van der Waals surface area contributed by atoms with Gasteiger partial charge in [0.05, 0.1) is 5.69 Å². The van der Waals surface area contributed by atoms with E-state index in [-0.39, 0.29) is 0 Å². The highest BCUT2D eigenvalue weighted by atomic mass is 15.3. The van der Waals surface area contributed by atoms with E-state index in [0.29, 0.717) is 5.92 Å². The molecule has 0 unspecified atom stereocenters. The van der Waals surface area contributed by atoms with E-state index in [4.69, 9.17) is 0 Å². The van der Waals surface area contributed by atoms with Crippen molar-refractivity contribution < 1.29 is 0 Å². The zero-order valence-corrected chi connectivity index (χ0v) is 15.6. The molecule has 3 rings (SSSR count). The van der Waals surface area contributed by atoms with Crippen molar-refractivity contribution in [2.45, 2.75) is 26.7 Å². The van der Waals surface area contributed by atoms with E-state index in [1.807, 2.05) is 13.0 Å². The average Bonchev–Trinajstić information content (AvgIpc) is 2.63. The molecule has 1 aliphatic rings. The molecular formula is C21H28N4. The Kier molecular flexibility index (Phi) is 5.49. The number of hydrogen-bond donors (Lipinski definition) is 0. The molecule has 1 aromatic heterocycles. The maximum absolute atomic E-state index is 4.30. The Hall–Kier alpha value is -2.20. The molecule has 0 saturated carbocycles. The summed E-state index contributed by atoms with van der Waals surface area (Å²) >= 11 is 0. The van der Waals surface area contributed by atoms with Crippen LogP contribution in [0.1, 0.15) is 36.6 Å². The largest absolute Gasteiger partial charge is 0.353 e. The predicted octanol–water partition coefficient (Wildman–Crippen LogP) is 3.74. The molecule has 0 aliphatic carbocycles. The number of aryl methyl sites for hydroxylation is 1. The maximum Gasteiger partial charge on any atom is 0.151 e. The molecule has 0 atom stereocenters. The fourth-order valence-corrected chi connectivity index (χ4v) is 3.16.